The third-order valence-electron chi connectivity index (χ3n) is 2.77. The highest BCUT2D eigenvalue weighted by molar-refractivity contribution is 6.42. The van der Waals surface area contributed by atoms with Crippen molar-refractivity contribution in [2.75, 3.05) is 6.61 Å². The number of carbonyl (C=O) groups excluding carboxylic acids is 1. The van der Waals surface area contributed by atoms with E-state index >= 15 is 0 Å². The second kappa shape index (κ2) is 6.56. The van der Waals surface area contributed by atoms with E-state index in [4.69, 9.17) is 14.4 Å². The summed E-state index contributed by atoms with van der Waals surface area (Å²) in [5.74, 6) is -0.478. The molecule has 1 N–H and O–H groups in total. The lowest BCUT2D eigenvalue weighted by Gasteiger charge is -2.05. The highest BCUT2D eigenvalue weighted by Crippen LogP contribution is 2.17. The van der Waals surface area contributed by atoms with E-state index in [1.54, 1.807) is 13.0 Å². The van der Waals surface area contributed by atoms with Crippen molar-refractivity contribution in [2.45, 2.75) is 13.3 Å². The largest absolute Gasteiger partial charge is 0.462 e. The van der Waals surface area contributed by atoms with E-state index in [0.717, 1.165) is 11.1 Å². The molecule has 2 rings (SSSR count). The Bertz CT molecular complexity index is 601. The number of rotatable bonds is 5. The van der Waals surface area contributed by atoms with Gasteiger partial charge in [-0.25, -0.2) is 4.79 Å². The number of furan rings is 1. The first-order valence-corrected chi connectivity index (χ1v) is 6.26. The Labute approximate surface area is 116 Å². The lowest BCUT2D eigenvalue weighted by molar-refractivity contribution is -0.135. The Hall–Kier alpha value is -2.56. The van der Waals surface area contributed by atoms with Crippen molar-refractivity contribution in [2.24, 2.45) is 5.16 Å². The topological polar surface area (TPSA) is 72.0 Å². The van der Waals surface area contributed by atoms with E-state index in [2.05, 4.69) is 5.16 Å². The fourth-order valence-corrected chi connectivity index (χ4v) is 1.88. The van der Waals surface area contributed by atoms with Gasteiger partial charge in [0.1, 0.15) is 0 Å². The average Bonchev–Trinajstić information content (AvgIpc) is 2.89. The van der Waals surface area contributed by atoms with E-state index in [0.29, 0.717) is 6.42 Å². The minimum absolute atomic E-state index is 0.201. The molecule has 0 radical (unpaired) electrons. The molecule has 1 heterocycles. The molecule has 0 bridgehead atoms. The van der Waals surface area contributed by atoms with Crippen LogP contribution < -0.4 is 0 Å². The highest BCUT2D eigenvalue weighted by Gasteiger charge is 2.22. The van der Waals surface area contributed by atoms with Crippen LogP contribution in [0.5, 0.6) is 0 Å². The number of nitrogens with zero attached hydrogens (tertiary/aromatic N) is 1. The maximum Gasteiger partial charge on any atom is 0.364 e. The summed E-state index contributed by atoms with van der Waals surface area (Å²) in [6.07, 6.45) is 2.03. The summed E-state index contributed by atoms with van der Waals surface area (Å²) in [7, 11) is 0. The number of oxime groups is 1. The number of esters is 1. The van der Waals surface area contributed by atoms with Crippen LogP contribution in [0.1, 0.15) is 23.8 Å². The maximum absolute atomic E-state index is 11.7. The smallest absolute Gasteiger partial charge is 0.364 e. The zero-order chi connectivity index (χ0) is 14.4. The Morgan fingerprint density at radius 2 is 2.05 bits per heavy atom. The first-order valence-electron chi connectivity index (χ1n) is 6.26. The lowest BCUT2D eigenvalue weighted by atomic mass is 10.0. The molecule has 0 saturated heterocycles. The van der Waals surface area contributed by atoms with Crippen LogP contribution in [0, 0.1) is 0 Å². The monoisotopic (exact) mass is 273 g/mol. The van der Waals surface area contributed by atoms with Crippen LogP contribution in [0.2, 0.25) is 0 Å². The van der Waals surface area contributed by atoms with Gasteiger partial charge < -0.3 is 14.4 Å². The predicted molar refractivity (Wildman–Crippen MR) is 72.9 cm³/mol. The van der Waals surface area contributed by atoms with Crippen LogP contribution in [0.3, 0.4) is 0 Å². The van der Waals surface area contributed by atoms with Crippen molar-refractivity contribution >= 4 is 11.7 Å². The summed E-state index contributed by atoms with van der Waals surface area (Å²) in [6.45, 7) is 1.88. The first kappa shape index (κ1) is 13.9. The average molecular weight is 273 g/mol. The van der Waals surface area contributed by atoms with Gasteiger partial charge in [-0.3, -0.25) is 0 Å². The normalized spacial score (nSPS) is 11.3. The zero-order valence-electron chi connectivity index (χ0n) is 11.1. The SMILES string of the molecule is CCOC(=O)/C(=N\O)c1occc1Cc1ccccc1. The molecule has 5 heteroatoms. The molecule has 0 saturated carbocycles. The van der Waals surface area contributed by atoms with Gasteiger partial charge in [-0.05, 0) is 18.6 Å². The van der Waals surface area contributed by atoms with Gasteiger partial charge in [-0.2, -0.15) is 0 Å². The summed E-state index contributed by atoms with van der Waals surface area (Å²) >= 11 is 0. The number of benzene rings is 1. The maximum atomic E-state index is 11.7. The van der Waals surface area contributed by atoms with Crippen LogP contribution in [0.4, 0.5) is 0 Å². The van der Waals surface area contributed by atoms with Crippen molar-refractivity contribution in [3.05, 3.63) is 59.5 Å². The molecule has 2 aromatic rings. The van der Waals surface area contributed by atoms with Crippen LogP contribution in [-0.4, -0.2) is 23.5 Å². The van der Waals surface area contributed by atoms with Gasteiger partial charge in [0.05, 0.1) is 12.9 Å². The molecule has 0 aliphatic heterocycles. The second-order valence-electron chi connectivity index (χ2n) is 4.11. The minimum atomic E-state index is -0.709. The van der Waals surface area contributed by atoms with Crippen LogP contribution in [0.15, 0.2) is 52.2 Å². The van der Waals surface area contributed by atoms with Crippen molar-refractivity contribution in [1.29, 1.82) is 0 Å². The molecule has 1 aromatic carbocycles. The third kappa shape index (κ3) is 3.06. The molecule has 0 amide bonds. The Balaban J connectivity index is 2.26. The molecule has 0 aliphatic rings. The molecule has 20 heavy (non-hydrogen) atoms. The lowest BCUT2D eigenvalue weighted by Crippen LogP contribution is -2.19. The number of hydrogen-bond acceptors (Lipinski definition) is 5. The molecule has 104 valence electrons. The fraction of sp³-hybridized carbons (Fsp3) is 0.200. The Morgan fingerprint density at radius 1 is 1.30 bits per heavy atom. The molecule has 0 spiro atoms. The molecule has 0 fully saturated rings. The van der Waals surface area contributed by atoms with Gasteiger partial charge in [0.15, 0.2) is 5.76 Å². The van der Waals surface area contributed by atoms with Gasteiger partial charge in [-0.1, -0.05) is 35.5 Å². The van der Waals surface area contributed by atoms with E-state index in [9.17, 15) is 4.79 Å². The van der Waals surface area contributed by atoms with Gasteiger partial charge in [0.2, 0.25) is 5.71 Å². The van der Waals surface area contributed by atoms with E-state index in [-0.39, 0.29) is 18.1 Å². The standard InChI is InChI=1S/C15H15NO4/c1-2-19-15(17)13(16-18)14-12(8-9-20-14)10-11-6-4-3-5-7-11/h3-9,18H,2,10H2,1H3/b16-13-. The number of hydrogen-bond donors (Lipinski definition) is 1. The van der Waals surface area contributed by atoms with Gasteiger partial charge in [0, 0.05) is 12.0 Å². The minimum Gasteiger partial charge on any atom is -0.462 e. The Morgan fingerprint density at radius 3 is 2.70 bits per heavy atom. The van der Waals surface area contributed by atoms with E-state index in [1.165, 1.54) is 6.26 Å². The quantitative estimate of drug-likeness (QED) is 0.393. The number of carbonyl (C=O) groups is 1. The van der Waals surface area contributed by atoms with Gasteiger partial charge >= 0.3 is 5.97 Å². The summed E-state index contributed by atoms with van der Waals surface area (Å²) in [6, 6.07) is 11.5. The highest BCUT2D eigenvalue weighted by atomic mass is 16.5. The van der Waals surface area contributed by atoms with E-state index < -0.39 is 5.97 Å². The van der Waals surface area contributed by atoms with Crippen LogP contribution >= 0.6 is 0 Å². The zero-order valence-corrected chi connectivity index (χ0v) is 11.1. The summed E-state index contributed by atoms with van der Waals surface area (Å²) < 4.78 is 10.1. The number of ether oxygens (including phenoxy) is 1. The molecule has 1 aromatic heterocycles. The summed E-state index contributed by atoms with van der Waals surface area (Å²) in [4.78, 5) is 11.7. The second-order valence-corrected chi connectivity index (χ2v) is 4.11. The van der Waals surface area contributed by atoms with Crippen LogP contribution in [0.25, 0.3) is 0 Å². The fourth-order valence-electron chi connectivity index (χ4n) is 1.88. The molecular weight excluding hydrogens is 258 g/mol. The van der Waals surface area contributed by atoms with Crippen molar-refractivity contribution < 1.29 is 19.2 Å². The van der Waals surface area contributed by atoms with Crippen LogP contribution in [-0.2, 0) is 16.0 Å². The van der Waals surface area contributed by atoms with Gasteiger partial charge in [-0.15, -0.1) is 0 Å². The Kier molecular flexibility index (Phi) is 4.55. The van der Waals surface area contributed by atoms with Gasteiger partial charge in [0.25, 0.3) is 0 Å². The first-order chi connectivity index (χ1) is 9.76. The summed E-state index contributed by atoms with van der Waals surface area (Å²) in [5, 5.41) is 12.0. The third-order valence-corrected chi connectivity index (χ3v) is 2.77. The van der Waals surface area contributed by atoms with Crippen molar-refractivity contribution in [3.8, 4) is 0 Å². The summed E-state index contributed by atoms with van der Waals surface area (Å²) in [5.41, 5.74) is 1.61. The molecule has 0 unspecified atom stereocenters. The molecule has 0 aliphatic carbocycles. The van der Waals surface area contributed by atoms with E-state index in [1.807, 2.05) is 30.3 Å². The van der Waals surface area contributed by atoms with Crippen molar-refractivity contribution in [1.82, 2.24) is 0 Å². The van der Waals surface area contributed by atoms with Crippen molar-refractivity contribution in [3.63, 3.8) is 0 Å². The predicted octanol–water partition coefficient (Wildman–Crippen LogP) is 2.61. The molecule has 5 nitrogen and oxygen atoms in total. The molecular formula is C15H15NO4. The molecule has 0 atom stereocenters.